The molecule has 0 aromatic heterocycles. The van der Waals surface area contributed by atoms with Crippen LogP contribution in [0.3, 0.4) is 0 Å². The van der Waals surface area contributed by atoms with Crippen LogP contribution in [-0.4, -0.2) is 13.0 Å². The van der Waals surface area contributed by atoms with Gasteiger partial charge in [0.05, 0.1) is 13.2 Å². The van der Waals surface area contributed by atoms with Gasteiger partial charge < -0.3 is 10.1 Å². The van der Waals surface area contributed by atoms with Crippen molar-refractivity contribution in [3.05, 3.63) is 102 Å². The van der Waals surface area contributed by atoms with Crippen LogP contribution in [0.2, 0.25) is 0 Å². The highest BCUT2D eigenvalue weighted by Gasteiger charge is 2.34. The number of rotatable bonds is 5. The molecule has 0 fully saturated rings. The molecule has 0 unspecified atom stereocenters. The highest BCUT2D eigenvalue weighted by atomic mass is 19.1. The second-order valence-electron chi connectivity index (χ2n) is 6.58. The predicted octanol–water partition coefficient (Wildman–Crippen LogP) is 5.06. The number of hydrogen-bond acceptors (Lipinski definition) is 3. The number of benzene rings is 3. The van der Waals surface area contributed by atoms with Gasteiger partial charge in [-0.25, -0.2) is 8.78 Å². The average Bonchev–Trinajstić information content (AvgIpc) is 3.06. The summed E-state index contributed by atoms with van der Waals surface area (Å²) >= 11 is 0. The lowest BCUT2D eigenvalue weighted by molar-refractivity contribution is -0.114. The summed E-state index contributed by atoms with van der Waals surface area (Å²) in [7, 11) is 1.59. The van der Waals surface area contributed by atoms with E-state index in [1.54, 1.807) is 42.4 Å². The van der Waals surface area contributed by atoms with Crippen LogP contribution in [0.25, 0.3) is 0 Å². The van der Waals surface area contributed by atoms with Crippen molar-refractivity contribution in [3.8, 4) is 5.75 Å². The number of methoxy groups -OCH3 is 1. The van der Waals surface area contributed by atoms with Gasteiger partial charge in [0.25, 0.3) is 5.91 Å². The minimum absolute atomic E-state index is 0.262. The quantitative estimate of drug-likeness (QED) is 0.660. The first-order chi connectivity index (χ1) is 14.0. The number of nitrogens with zero attached hydrogens (tertiary/aromatic N) is 1. The van der Waals surface area contributed by atoms with E-state index in [1.165, 1.54) is 24.3 Å². The average molecular weight is 392 g/mol. The molecule has 1 aliphatic heterocycles. The van der Waals surface area contributed by atoms with Gasteiger partial charge in [0.15, 0.2) is 0 Å². The normalized spacial score (nSPS) is 16.0. The van der Waals surface area contributed by atoms with E-state index >= 15 is 0 Å². The van der Waals surface area contributed by atoms with Gasteiger partial charge in [0.2, 0.25) is 0 Å². The standard InChI is InChI=1S/C23H18F2N2O2/c1-29-20-12-2-15(3-13-20)22-14-21(26-18-8-4-16(24)5-9-18)23(28)27(22)19-10-6-17(25)7-11-19/h2-14,22,26H,1H3/t22-/m0/s1. The van der Waals surface area contributed by atoms with Crippen molar-refractivity contribution in [3.63, 3.8) is 0 Å². The topological polar surface area (TPSA) is 41.6 Å². The molecule has 0 radical (unpaired) electrons. The number of anilines is 2. The lowest BCUT2D eigenvalue weighted by Gasteiger charge is -2.25. The first-order valence-electron chi connectivity index (χ1n) is 9.02. The fourth-order valence-corrected chi connectivity index (χ4v) is 3.27. The van der Waals surface area contributed by atoms with Crippen LogP contribution >= 0.6 is 0 Å². The van der Waals surface area contributed by atoms with E-state index in [2.05, 4.69) is 5.32 Å². The number of halogens is 2. The van der Waals surface area contributed by atoms with Crippen molar-refractivity contribution in [1.82, 2.24) is 0 Å². The third kappa shape index (κ3) is 3.82. The molecule has 0 aliphatic carbocycles. The highest BCUT2D eigenvalue weighted by molar-refractivity contribution is 6.11. The van der Waals surface area contributed by atoms with Gasteiger partial charge in [-0.2, -0.15) is 0 Å². The Kier molecular flexibility index (Phi) is 4.99. The van der Waals surface area contributed by atoms with E-state index in [1.807, 2.05) is 24.3 Å². The predicted molar refractivity (Wildman–Crippen MR) is 108 cm³/mol. The first kappa shape index (κ1) is 18.7. The van der Waals surface area contributed by atoms with Crippen LogP contribution in [0.4, 0.5) is 20.2 Å². The summed E-state index contributed by atoms with van der Waals surface area (Å²) in [6, 6.07) is 18.6. The van der Waals surface area contributed by atoms with Crippen molar-refractivity contribution >= 4 is 17.3 Å². The minimum atomic E-state index is -0.387. The van der Waals surface area contributed by atoms with Crippen LogP contribution in [0.15, 0.2) is 84.6 Å². The Balaban J connectivity index is 1.71. The Morgan fingerprint density at radius 1 is 0.862 bits per heavy atom. The van der Waals surface area contributed by atoms with E-state index in [4.69, 9.17) is 4.74 Å². The fraction of sp³-hybridized carbons (Fsp3) is 0.0870. The summed E-state index contributed by atoms with van der Waals surface area (Å²) in [5, 5.41) is 3.06. The monoisotopic (exact) mass is 392 g/mol. The van der Waals surface area contributed by atoms with Gasteiger partial charge in [-0.1, -0.05) is 12.1 Å². The molecule has 4 nitrogen and oxygen atoms in total. The first-order valence-corrected chi connectivity index (χ1v) is 9.02. The second-order valence-corrected chi connectivity index (χ2v) is 6.58. The van der Waals surface area contributed by atoms with E-state index in [-0.39, 0.29) is 23.6 Å². The molecule has 1 amide bonds. The maximum absolute atomic E-state index is 13.4. The van der Waals surface area contributed by atoms with Crippen molar-refractivity contribution in [2.24, 2.45) is 0 Å². The lowest BCUT2D eigenvalue weighted by atomic mass is 10.1. The zero-order chi connectivity index (χ0) is 20.4. The van der Waals surface area contributed by atoms with Crippen LogP contribution in [0.5, 0.6) is 5.75 Å². The molecular formula is C23H18F2N2O2. The molecule has 0 bridgehead atoms. The van der Waals surface area contributed by atoms with Crippen LogP contribution in [-0.2, 0) is 4.79 Å². The summed E-state index contributed by atoms with van der Waals surface area (Å²) in [5.41, 5.74) is 2.41. The zero-order valence-corrected chi connectivity index (χ0v) is 15.6. The summed E-state index contributed by atoms with van der Waals surface area (Å²) < 4.78 is 31.8. The minimum Gasteiger partial charge on any atom is -0.497 e. The summed E-state index contributed by atoms with van der Waals surface area (Å²) in [5.74, 6) is -0.285. The van der Waals surface area contributed by atoms with Gasteiger partial charge >= 0.3 is 0 Å². The molecule has 1 atom stereocenters. The third-order valence-electron chi connectivity index (χ3n) is 4.74. The number of carbonyl (C=O) groups excluding carboxylic acids is 1. The fourth-order valence-electron chi connectivity index (χ4n) is 3.27. The van der Waals surface area contributed by atoms with Crippen molar-refractivity contribution in [2.45, 2.75) is 6.04 Å². The molecule has 3 aromatic carbocycles. The molecule has 0 spiro atoms. The zero-order valence-electron chi connectivity index (χ0n) is 15.6. The molecule has 1 N–H and O–H groups in total. The van der Waals surface area contributed by atoms with Gasteiger partial charge in [0.1, 0.15) is 23.1 Å². The summed E-state index contributed by atoms with van der Waals surface area (Å²) in [6.45, 7) is 0. The molecule has 0 saturated carbocycles. The Bertz CT molecular complexity index is 1050. The van der Waals surface area contributed by atoms with E-state index in [9.17, 15) is 13.6 Å². The number of nitrogens with one attached hydrogen (secondary N) is 1. The largest absolute Gasteiger partial charge is 0.497 e. The van der Waals surface area contributed by atoms with Gasteiger partial charge in [-0.15, -0.1) is 0 Å². The Hall–Kier alpha value is -3.67. The second kappa shape index (κ2) is 7.75. The molecule has 29 heavy (non-hydrogen) atoms. The van der Waals surface area contributed by atoms with Crippen LogP contribution in [0.1, 0.15) is 11.6 Å². The Morgan fingerprint density at radius 3 is 2.03 bits per heavy atom. The van der Waals surface area contributed by atoms with Crippen molar-refractivity contribution < 1.29 is 18.3 Å². The molecular weight excluding hydrogens is 374 g/mol. The molecule has 0 saturated heterocycles. The number of amides is 1. The van der Waals surface area contributed by atoms with E-state index in [0.29, 0.717) is 22.8 Å². The van der Waals surface area contributed by atoms with Crippen molar-refractivity contribution in [2.75, 3.05) is 17.3 Å². The van der Waals surface area contributed by atoms with Crippen LogP contribution < -0.4 is 15.0 Å². The summed E-state index contributed by atoms with van der Waals surface area (Å²) in [4.78, 5) is 14.8. The molecule has 1 aliphatic rings. The maximum atomic E-state index is 13.4. The van der Waals surface area contributed by atoms with Crippen LogP contribution in [0, 0.1) is 11.6 Å². The maximum Gasteiger partial charge on any atom is 0.275 e. The number of carbonyl (C=O) groups is 1. The molecule has 146 valence electrons. The molecule has 1 heterocycles. The molecule has 4 rings (SSSR count). The van der Waals surface area contributed by atoms with Crippen molar-refractivity contribution in [1.29, 1.82) is 0 Å². The smallest absolute Gasteiger partial charge is 0.275 e. The van der Waals surface area contributed by atoms with Gasteiger partial charge in [0, 0.05) is 11.4 Å². The number of ether oxygens (including phenoxy) is 1. The van der Waals surface area contributed by atoms with Gasteiger partial charge in [-0.3, -0.25) is 9.69 Å². The Labute approximate surface area is 167 Å². The lowest BCUT2D eigenvalue weighted by Crippen LogP contribution is -2.30. The summed E-state index contributed by atoms with van der Waals surface area (Å²) in [6.07, 6.45) is 1.80. The SMILES string of the molecule is COc1ccc([C@@H]2C=C(Nc3ccc(F)cc3)C(=O)N2c2ccc(F)cc2)cc1. The molecule has 3 aromatic rings. The Morgan fingerprint density at radius 2 is 1.45 bits per heavy atom. The number of hydrogen-bond donors (Lipinski definition) is 1. The third-order valence-corrected chi connectivity index (χ3v) is 4.74. The van der Waals surface area contributed by atoms with Gasteiger partial charge in [-0.05, 0) is 72.3 Å². The van der Waals surface area contributed by atoms with E-state index < -0.39 is 0 Å². The highest BCUT2D eigenvalue weighted by Crippen LogP contribution is 2.36. The molecule has 6 heteroatoms. The van der Waals surface area contributed by atoms with E-state index in [0.717, 1.165) is 5.56 Å².